The standard InChI is InChI=1S/C18H11ClF3N5O2S/c19-11-7-5-10(6-8-11)15-24-23-14(29-15)9-30-17-26-25-16(28)27(17)13-4-2-1-3-12(13)18(20,21)22/h1-8H,9H2,(H,25,28). The van der Waals surface area contributed by atoms with Gasteiger partial charge in [-0.25, -0.2) is 14.5 Å². The zero-order chi connectivity index (χ0) is 21.3. The number of nitrogens with zero attached hydrogens (tertiary/aromatic N) is 4. The first-order chi connectivity index (χ1) is 14.3. The van der Waals surface area contributed by atoms with Crippen molar-refractivity contribution >= 4 is 23.4 Å². The maximum Gasteiger partial charge on any atom is 0.418 e. The molecular formula is C18H11ClF3N5O2S. The fourth-order valence-corrected chi connectivity index (χ4v) is 3.56. The van der Waals surface area contributed by atoms with Crippen LogP contribution in [0.15, 0.2) is 62.9 Å². The van der Waals surface area contributed by atoms with Gasteiger partial charge in [0.15, 0.2) is 5.16 Å². The second-order valence-electron chi connectivity index (χ2n) is 5.96. The van der Waals surface area contributed by atoms with E-state index in [1.165, 1.54) is 18.2 Å². The molecule has 0 spiro atoms. The highest BCUT2D eigenvalue weighted by atomic mass is 35.5. The van der Waals surface area contributed by atoms with Crippen molar-refractivity contribution in [2.45, 2.75) is 17.1 Å². The van der Waals surface area contributed by atoms with E-state index in [0.717, 1.165) is 22.4 Å². The Kier molecular flexibility index (Phi) is 5.39. The van der Waals surface area contributed by atoms with E-state index in [2.05, 4.69) is 20.4 Å². The van der Waals surface area contributed by atoms with Gasteiger partial charge in [-0.2, -0.15) is 13.2 Å². The average molecular weight is 454 g/mol. The molecule has 2 aromatic heterocycles. The summed E-state index contributed by atoms with van der Waals surface area (Å²) < 4.78 is 46.5. The molecule has 0 aliphatic rings. The molecule has 154 valence electrons. The average Bonchev–Trinajstić information content (AvgIpc) is 3.33. The van der Waals surface area contributed by atoms with Crippen LogP contribution in [0.3, 0.4) is 0 Å². The highest BCUT2D eigenvalue weighted by Gasteiger charge is 2.34. The molecular weight excluding hydrogens is 443 g/mol. The molecule has 4 aromatic rings. The zero-order valence-corrected chi connectivity index (χ0v) is 16.4. The molecule has 0 radical (unpaired) electrons. The van der Waals surface area contributed by atoms with E-state index in [1.807, 2.05) is 0 Å². The summed E-state index contributed by atoms with van der Waals surface area (Å²) in [6, 6.07) is 11.6. The third kappa shape index (κ3) is 4.12. The molecule has 0 amide bonds. The predicted molar refractivity (Wildman–Crippen MR) is 103 cm³/mol. The van der Waals surface area contributed by atoms with Crippen LogP contribution in [0.4, 0.5) is 13.2 Å². The molecule has 0 aliphatic carbocycles. The summed E-state index contributed by atoms with van der Waals surface area (Å²) in [5, 5.41) is 14.5. The second-order valence-corrected chi connectivity index (χ2v) is 7.34. The van der Waals surface area contributed by atoms with E-state index in [9.17, 15) is 18.0 Å². The van der Waals surface area contributed by atoms with E-state index in [0.29, 0.717) is 10.6 Å². The molecule has 0 bridgehead atoms. The normalized spacial score (nSPS) is 11.7. The summed E-state index contributed by atoms with van der Waals surface area (Å²) in [6.07, 6.45) is -4.63. The van der Waals surface area contributed by atoms with Crippen molar-refractivity contribution < 1.29 is 17.6 Å². The molecule has 2 aromatic carbocycles. The first kappa shape index (κ1) is 20.2. The number of thioether (sulfide) groups is 1. The minimum Gasteiger partial charge on any atom is -0.420 e. The predicted octanol–water partition coefficient (Wildman–Crippen LogP) is 4.58. The zero-order valence-electron chi connectivity index (χ0n) is 14.9. The van der Waals surface area contributed by atoms with Crippen LogP contribution in [0, 0.1) is 0 Å². The van der Waals surface area contributed by atoms with Crippen LogP contribution in [0.2, 0.25) is 5.02 Å². The lowest BCUT2D eigenvalue weighted by atomic mass is 10.1. The van der Waals surface area contributed by atoms with Crippen LogP contribution in [-0.4, -0.2) is 25.0 Å². The van der Waals surface area contributed by atoms with Crippen LogP contribution < -0.4 is 5.69 Å². The van der Waals surface area contributed by atoms with E-state index in [4.69, 9.17) is 16.0 Å². The Morgan fingerprint density at radius 2 is 1.83 bits per heavy atom. The number of rotatable bonds is 5. The third-order valence-corrected chi connectivity index (χ3v) is 5.15. The van der Waals surface area contributed by atoms with Crippen molar-refractivity contribution in [3.8, 4) is 17.1 Å². The monoisotopic (exact) mass is 453 g/mol. The maximum atomic E-state index is 13.3. The minimum absolute atomic E-state index is 0.0305. The Morgan fingerprint density at radius 3 is 2.57 bits per heavy atom. The number of H-pyrrole nitrogens is 1. The number of hydrogen-bond acceptors (Lipinski definition) is 6. The molecule has 4 rings (SSSR count). The van der Waals surface area contributed by atoms with Gasteiger partial charge in [0.05, 0.1) is 17.0 Å². The largest absolute Gasteiger partial charge is 0.420 e. The summed E-state index contributed by atoms with van der Waals surface area (Å²) >= 11 is 6.83. The molecule has 2 heterocycles. The quantitative estimate of drug-likeness (QED) is 0.445. The number of nitrogens with one attached hydrogen (secondary N) is 1. The van der Waals surface area contributed by atoms with E-state index >= 15 is 0 Å². The van der Waals surface area contributed by atoms with Crippen molar-refractivity contribution in [1.82, 2.24) is 25.0 Å². The minimum atomic E-state index is -4.63. The van der Waals surface area contributed by atoms with Gasteiger partial charge in [-0.05, 0) is 36.4 Å². The van der Waals surface area contributed by atoms with Crippen molar-refractivity contribution in [2.75, 3.05) is 0 Å². The Morgan fingerprint density at radius 1 is 1.10 bits per heavy atom. The Labute approximate surface area is 175 Å². The third-order valence-electron chi connectivity index (χ3n) is 3.97. The lowest BCUT2D eigenvalue weighted by Crippen LogP contribution is -2.20. The fourth-order valence-electron chi connectivity index (χ4n) is 2.65. The highest BCUT2D eigenvalue weighted by molar-refractivity contribution is 7.98. The molecule has 0 unspecified atom stereocenters. The molecule has 1 N–H and O–H groups in total. The molecule has 7 nitrogen and oxygen atoms in total. The highest BCUT2D eigenvalue weighted by Crippen LogP contribution is 2.34. The topological polar surface area (TPSA) is 89.6 Å². The molecule has 0 aliphatic heterocycles. The van der Waals surface area contributed by atoms with Gasteiger partial charge in [-0.1, -0.05) is 35.5 Å². The van der Waals surface area contributed by atoms with Crippen LogP contribution in [-0.2, 0) is 11.9 Å². The molecule has 0 atom stereocenters. The first-order valence-electron chi connectivity index (χ1n) is 8.38. The fraction of sp³-hybridized carbons (Fsp3) is 0.111. The summed E-state index contributed by atoms with van der Waals surface area (Å²) in [7, 11) is 0. The molecule has 30 heavy (non-hydrogen) atoms. The van der Waals surface area contributed by atoms with E-state index < -0.39 is 17.4 Å². The van der Waals surface area contributed by atoms with Gasteiger partial charge in [0.1, 0.15) is 0 Å². The summed E-state index contributed by atoms with van der Waals surface area (Å²) in [5.74, 6) is 0.583. The lowest BCUT2D eigenvalue weighted by Gasteiger charge is -2.13. The Balaban J connectivity index is 1.59. The first-order valence-corrected chi connectivity index (χ1v) is 9.74. The van der Waals surface area contributed by atoms with Gasteiger partial charge >= 0.3 is 11.9 Å². The molecule has 0 saturated heterocycles. The van der Waals surface area contributed by atoms with Gasteiger partial charge in [0.2, 0.25) is 11.8 Å². The van der Waals surface area contributed by atoms with Gasteiger partial charge in [0, 0.05) is 10.6 Å². The van der Waals surface area contributed by atoms with Gasteiger partial charge < -0.3 is 4.42 Å². The lowest BCUT2D eigenvalue weighted by molar-refractivity contribution is -0.137. The van der Waals surface area contributed by atoms with Gasteiger partial charge in [-0.15, -0.1) is 15.3 Å². The van der Waals surface area contributed by atoms with Gasteiger partial charge in [-0.3, -0.25) is 0 Å². The SMILES string of the molecule is O=c1[nH]nc(SCc2nnc(-c3ccc(Cl)cc3)o2)n1-c1ccccc1C(F)(F)F. The van der Waals surface area contributed by atoms with Crippen molar-refractivity contribution in [1.29, 1.82) is 0 Å². The number of benzene rings is 2. The maximum absolute atomic E-state index is 13.3. The van der Waals surface area contributed by atoms with E-state index in [1.54, 1.807) is 24.3 Å². The molecule has 0 saturated carbocycles. The van der Waals surface area contributed by atoms with Gasteiger partial charge in [0.25, 0.3) is 0 Å². The number of aromatic amines is 1. The summed E-state index contributed by atoms with van der Waals surface area (Å²) in [6.45, 7) is 0. The summed E-state index contributed by atoms with van der Waals surface area (Å²) in [5.41, 5.74) is -1.39. The number of alkyl halides is 3. The Bertz CT molecular complexity index is 1230. The van der Waals surface area contributed by atoms with Crippen molar-refractivity contribution in [3.05, 3.63) is 75.5 Å². The summed E-state index contributed by atoms with van der Waals surface area (Å²) in [4.78, 5) is 12.1. The van der Waals surface area contributed by atoms with Crippen LogP contribution >= 0.6 is 23.4 Å². The molecule has 12 heteroatoms. The smallest absolute Gasteiger partial charge is 0.418 e. The Hall–Kier alpha value is -3.05. The van der Waals surface area contributed by atoms with Crippen molar-refractivity contribution in [2.24, 2.45) is 0 Å². The van der Waals surface area contributed by atoms with Crippen molar-refractivity contribution in [3.63, 3.8) is 0 Å². The number of para-hydroxylation sites is 1. The van der Waals surface area contributed by atoms with E-state index in [-0.39, 0.29) is 28.4 Å². The van der Waals surface area contributed by atoms with Crippen LogP contribution in [0.1, 0.15) is 11.5 Å². The van der Waals surface area contributed by atoms with Crippen LogP contribution in [0.25, 0.3) is 17.1 Å². The molecule has 0 fully saturated rings. The van der Waals surface area contributed by atoms with Crippen LogP contribution in [0.5, 0.6) is 0 Å². The number of hydrogen-bond donors (Lipinski definition) is 1. The second kappa shape index (κ2) is 8.00. The number of aromatic nitrogens is 5. The number of halogens is 4.